The Kier molecular flexibility index (Phi) is 4.52. The summed E-state index contributed by atoms with van der Waals surface area (Å²) >= 11 is 0. The highest BCUT2D eigenvalue weighted by Crippen LogP contribution is 2.29. The summed E-state index contributed by atoms with van der Waals surface area (Å²) in [6, 6.07) is 8.26. The quantitative estimate of drug-likeness (QED) is 0.859. The van der Waals surface area contributed by atoms with E-state index in [1.54, 1.807) is 39.3 Å². The Labute approximate surface area is 123 Å². The first-order chi connectivity index (χ1) is 10.0. The van der Waals surface area contributed by atoms with Crippen molar-refractivity contribution in [2.24, 2.45) is 0 Å². The van der Waals surface area contributed by atoms with Gasteiger partial charge >= 0.3 is 0 Å². The third kappa shape index (κ3) is 3.37. The number of benzene rings is 2. The van der Waals surface area contributed by atoms with Crippen LogP contribution in [0.25, 0.3) is 0 Å². The molecule has 2 aromatic rings. The second kappa shape index (κ2) is 6.35. The largest absolute Gasteiger partial charge is 0.493 e. The molecule has 0 aliphatic carbocycles. The molecule has 0 aliphatic heterocycles. The first kappa shape index (κ1) is 15.0. The number of methoxy groups -OCH3 is 2. The third-order valence-electron chi connectivity index (χ3n) is 3.16. The normalized spacial score (nSPS) is 10.3. The fourth-order valence-electron chi connectivity index (χ4n) is 1.91. The first-order valence-corrected chi connectivity index (χ1v) is 6.44. The molecule has 0 aliphatic rings. The standard InChI is InChI=1S/C16H18FNO3/c1-10-6-15(12(17)8-13(10)18)21-9-11-4-5-14(19-2)16(7-11)20-3/h4-8H,9,18H2,1-3H3. The van der Waals surface area contributed by atoms with E-state index in [0.717, 1.165) is 11.1 Å². The molecule has 21 heavy (non-hydrogen) atoms. The molecular weight excluding hydrogens is 273 g/mol. The Bertz CT molecular complexity index is 644. The van der Waals surface area contributed by atoms with Crippen molar-refractivity contribution in [1.82, 2.24) is 0 Å². The number of halogens is 1. The van der Waals surface area contributed by atoms with Crippen molar-refractivity contribution in [1.29, 1.82) is 0 Å². The molecule has 0 bridgehead atoms. The van der Waals surface area contributed by atoms with Gasteiger partial charge < -0.3 is 19.9 Å². The zero-order chi connectivity index (χ0) is 15.4. The monoisotopic (exact) mass is 291 g/mol. The summed E-state index contributed by atoms with van der Waals surface area (Å²) in [5.74, 6) is 0.943. The van der Waals surface area contributed by atoms with Gasteiger partial charge in [-0.05, 0) is 36.2 Å². The lowest BCUT2D eigenvalue weighted by atomic mass is 10.2. The van der Waals surface area contributed by atoms with E-state index < -0.39 is 5.82 Å². The van der Waals surface area contributed by atoms with Crippen LogP contribution in [-0.2, 0) is 6.61 Å². The van der Waals surface area contributed by atoms with Crippen LogP contribution in [0, 0.1) is 12.7 Å². The topological polar surface area (TPSA) is 53.7 Å². The van der Waals surface area contributed by atoms with Gasteiger partial charge in [0.2, 0.25) is 0 Å². The number of aryl methyl sites for hydroxylation is 1. The maximum Gasteiger partial charge on any atom is 0.167 e. The van der Waals surface area contributed by atoms with Crippen LogP contribution in [0.4, 0.5) is 10.1 Å². The van der Waals surface area contributed by atoms with E-state index in [9.17, 15) is 4.39 Å². The van der Waals surface area contributed by atoms with Crippen LogP contribution < -0.4 is 19.9 Å². The van der Waals surface area contributed by atoms with E-state index in [1.165, 1.54) is 6.07 Å². The van der Waals surface area contributed by atoms with Crippen molar-refractivity contribution in [3.8, 4) is 17.2 Å². The molecule has 0 saturated carbocycles. The average molecular weight is 291 g/mol. The summed E-state index contributed by atoms with van der Waals surface area (Å²) in [7, 11) is 3.13. The predicted octanol–water partition coefficient (Wildman–Crippen LogP) is 3.31. The highest BCUT2D eigenvalue weighted by molar-refractivity contribution is 5.50. The molecule has 0 amide bonds. The summed E-state index contributed by atoms with van der Waals surface area (Å²) < 4.78 is 29.6. The van der Waals surface area contributed by atoms with Crippen LogP contribution in [0.1, 0.15) is 11.1 Å². The maximum absolute atomic E-state index is 13.7. The van der Waals surface area contributed by atoms with Gasteiger partial charge in [-0.3, -0.25) is 0 Å². The van der Waals surface area contributed by atoms with Gasteiger partial charge in [0.05, 0.1) is 14.2 Å². The number of nitrogens with two attached hydrogens (primary N) is 1. The number of hydrogen-bond acceptors (Lipinski definition) is 4. The average Bonchev–Trinajstić information content (AvgIpc) is 2.49. The summed E-state index contributed by atoms with van der Waals surface area (Å²) in [5.41, 5.74) is 7.67. The van der Waals surface area contributed by atoms with E-state index in [0.29, 0.717) is 17.2 Å². The Morgan fingerprint density at radius 2 is 1.71 bits per heavy atom. The molecule has 0 heterocycles. The van der Waals surface area contributed by atoms with Crippen molar-refractivity contribution in [2.45, 2.75) is 13.5 Å². The first-order valence-electron chi connectivity index (χ1n) is 6.44. The molecule has 5 heteroatoms. The van der Waals surface area contributed by atoms with Crippen molar-refractivity contribution in [3.05, 3.63) is 47.3 Å². The van der Waals surface area contributed by atoms with Crippen LogP contribution >= 0.6 is 0 Å². The highest BCUT2D eigenvalue weighted by Gasteiger charge is 2.09. The van der Waals surface area contributed by atoms with E-state index in [2.05, 4.69) is 0 Å². The van der Waals surface area contributed by atoms with Gasteiger partial charge in [0.1, 0.15) is 6.61 Å². The molecular formula is C16H18FNO3. The molecule has 2 aromatic carbocycles. The Morgan fingerprint density at radius 3 is 2.38 bits per heavy atom. The van der Waals surface area contributed by atoms with Gasteiger partial charge in [0.15, 0.2) is 23.1 Å². The van der Waals surface area contributed by atoms with E-state index >= 15 is 0 Å². The van der Waals surface area contributed by atoms with Gasteiger partial charge in [-0.1, -0.05) is 6.07 Å². The van der Waals surface area contributed by atoms with Crippen LogP contribution in [0.3, 0.4) is 0 Å². The Hall–Kier alpha value is -2.43. The smallest absolute Gasteiger partial charge is 0.167 e. The molecule has 0 atom stereocenters. The minimum absolute atomic E-state index is 0.177. The molecule has 0 unspecified atom stereocenters. The molecule has 0 fully saturated rings. The van der Waals surface area contributed by atoms with Gasteiger partial charge in [-0.2, -0.15) is 0 Å². The SMILES string of the molecule is COc1ccc(COc2cc(C)c(N)cc2F)cc1OC. The number of rotatable bonds is 5. The van der Waals surface area contributed by atoms with Crippen molar-refractivity contribution in [3.63, 3.8) is 0 Å². The third-order valence-corrected chi connectivity index (χ3v) is 3.16. The molecule has 0 spiro atoms. The Balaban J connectivity index is 2.15. The van der Waals surface area contributed by atoms with Crippen molar-refractivity contribution >= 4 is 5.69 Å². The fraction of sp³-hybridized carbons (Fsp3) is 0.250. The maximum atomic E-state index is 13.7. The number of ether oxygens (including phenoxy) is 3. The molecule has 4 nitrogen and oxygen atoms in total. The predicted molar refractivity (Wildman–Crippen MR) is 79.4 cm³/mol. The van der Waals surface area contributed by atoms with Gasteiger partial charge in [0, 0.05) is 11.8 Å². The number of anilines is 1. The van der Waals surface area contributed by atoms with Crippen LogP contribution in [0.15, 0.2) is 30.3 Å². The Morgan fingerprint density at radius 1 is 1.00 bits per heavy atom. The molecule has 0 radical (unpaired) electrons. The van der Waals surface area contributed by atoms with Crippen LogP contribution in [0.5, 0.6) is 17.2 Å². The zero-order valence-electron chi connectivity index (χ0n) is 12.3. The summed E-state index contributed by atoms with van der Waals surface area (Å²) in [6.07, 6.45) is 0. The molecule has 0 saturated heterocycles. The van der Waals surface area contributed by atoms with E-state index in [4.69, 9.17) is 19.9 Å². The number of nitrogen functional groups attached to an aromatic ring is 1. The lowest BCUT2D eigenvalue weighted by Gasteiger charge is -2.12. The highest BCUT2D eigenvalue weighted by atomic mass is 19.1. The second-order valence-electron chi connectivity index (χ2n) is 4.62. The summed E-state index contributed by atoms with van der Waals surface area (Å²) in [4.78, 5) is 0. The molecule has 2 rings (SSSR count). The molecule has 0 aromatic heterocycles. The van der Waals surface area contributed by atoms with Crippen molar-refractivity contribution < 1.29 is 18.6 Å². The number of hydrogen-bond donors (Lipinski definition) is 1. The minimum atomic E-state index is -0.474. The fourth-order valence-corrected chi connectivity index (χ4v) is 1.91. The zero-order valence-corrected chi connectivity index (χ0v) is 12.3. The van der Waals surface area contributed by atoms with Gasteiger partial charge in [-0.25, -0.2) is 4.39 Å². The summed E-state index contributed by atoms with van der Waals surface area (Å²) in [6.45, 7) is 2.03. The van der Waals surface area contributed by atoms with Crippen molar-refractivity contribution in [2.75, 3.05) is 20.0 Å². The van der Waals surface area contributed by atoms with Crippen LogP contribution in [0.2, 0.25) is 0 Å². The molecule has 2 N–H and O–H groups in total. The van der Waals surface area contributed by atoms with Crippen LogP contribution in [-0.4, -0.2) is 14.2 Å². The van der Waals surface area contributed by atoms with E-state index in [1.807, 2.05) is 6.07 Å². The lowest BCUT2D eigenvalue weighted by Crippen LogP contribution is -2.00. The molecule has 112 valence electrons. The lowest BCUT2D eigenvalue weighted by molar-refractivity contribution is 0.288. The minimum Gasteiger partial charge on any atom is -0.493 e. The second-order valence-corrected chi connectivity index (χ2v) is 4.62. The van der Waals surface area contributed by atoms with Gasteiger partial charge in [0.25, 0.3) is 0 Å². The summed E-state index contributed by atoms with van der Waals surface area (Å²) in [5, 5.41) is 0. The van der Waals surface area contributed by atoms with E-state index in [-0.39, 0.29) is 12.4 Å². The van der Waals surface area contributed by atoms with Gasteiger partial charge in [-0.15, -0.1) is 0 Å².